The van der Waals surface area contributed by atoms with Crippen molar-refractivity contribution in [3.8, 4) is 0 Å². The molecule has 3 heterocycles. The summed E-state index contributed by atoms with van der Waals surface area (Å²) in [5, 5.41) is 8.85. The third-order valence-electron chi connectivity index (χ3n) is 3.39. The molecule has 0 bridgehead atoms. The Balaban J connectivity index is 1.68. The molecule has 0 aliphatic rings. The zero-order chi connectivity index (χ0) is 14.8. The van der Waals surface area contributed by atoms with Crippen molar-refractivity contribution < 1.29 is 0 Å². The predicted octanol–water partition coefficient (Wildman–Crippen LogP) is 1.66. The molecule has 0 atom stereocenters. The molecular weight excluding hydrogens is 264 g/mol. The van der Waals surface area contributed by atoms with Crippen molar-refractivity contribution in [3.05, 3.63) is 47.3 Å². The van der Waals surface area contributed by atoms with Crippen LogP contribution in [0.5, 0.6) is 0 Å². The van der Waals surface area contributed by atoms with Gasteiger partial charge in [0.25, 0.3) is 0 Å². The largest absolute Gasteiger partial charge is 0.307 e. The Labute approximate surface area is 123 Å². The number of hydrogen-bond donors (Lipinski definition) is 1. The SMILES string of the molecule is Cc1cnc(CNCc2cnc3c(c2)c(C)nn3C)cn1. The molecule has 1 N–H and O–H groups in total. The number of rotatable bonds is 4. The second kappa shape index (κ2) is 5.57. The molecule has 6 heteroatoms. The second-order valence-corrected chi connectivity index (χ2v) is 5.18. The van der Waals surface area contributed by atoms with E-state index in [0.29, 0.717) is 6.54 Å². The van der Waals surface area contributed by atoms with E-state index in [9.17, 15) is 0 Å². The summed E-state index contributed by atoms with van der Waals surface area (Å²) in [5.41, 5.74) is 4.93. The van der Waals surface area contributed by atoms with Gasteiger partial charge in [0.2, 0.25) is 0 Å². The first-order valence-electron chi connectivity index (χ1n) is 6.90. The Morgan fingerprint density at radius 2 is 1.90 bits per heavy atom. The maximum absolute atomic E-state index is 4.47. The lowest BCUT2D eigenvalue weighted by Crippen LogP contribution is -2.14. The van der Waals surface area contributed by atoms with E-state index in [1.807, 2.05) is 31.8 Å². The van der Waals surface area contributed by atoms with Crippen LogP contribution in [-0.4, -0.2) is 24.7 Å². The van der Waals surface area contributed by atoms with Gasteiger partial charge < -0.3 is 5.32 Å². The standard InChI is InChI=1S/C15H18N6/c1-10-5-18-13(9-17-10)8-16-6-12-4-14-11(2)20-21(3)15(14)19-7-12/h4-5,7,9,16H,6,8H2,1-3H3. The number of aryl methyl sites for hydroxylation is 3. The van der Waals surface area contributed by atoms with E-state index in [4.69, 9.17) is 0 Å². The van der Waals surface area contributed by atoms with Crippen molar-refractivity contribution in [2.24, 2.45) is 7.05 Å². The first-order valence-corrected chi connectivity index (χ1v) is 6.90. The first kappa shape index (κ1) is 13.6. The molecule has 3 aromatic rings. The van der Waals surface area contributed by atoms with Crippen LogP contribution in [0.15, 0.2) is 24.7 Å². The number of aromatic nitrogens is 5. The molecule has 3 aromatic heterocycles. The Hall–Kier alpha value is -2.34. The third kappa shape index (κ3) is 2.90. The van der Waals surface area contributed by atoms with Crippen LogP contribution in [-0.2, 0) is 20.1 Å². The van der Waals surface area contributed by atoms with Crippen molar-refractivity contribution in [1.82, 2.24) is 30.0 Å². The van der Waals surface area contributed by atoms with Crippen LogP contribution in [0.4, 0.5) is 0 Å². The summed E-state index contributed by atoms with van der Waals surface area (Å²) in [4.78, 5) is 13.0. The van der Waals surface area contributed by atoms with Crippen molar-refractivity contribution in [3.63, 3.8) is 0 Å². The van der Waals surface area contributed by atoms with Crippen LogP contribution < -0.4 is 5.32 Å². The molecule has 0 saturated heterocycles. The Kier molecular flexibility index (Phi) is 3.62. The van der Waals surface area contributed by atoms with Crippen LogP contribution in [0.2, 0.25) is 0 Å². The van der Waals surface area contributed by atoms with E-state index in [1.54, 1.807) is 12.4 Å². The summed E-state index contributed by atoms with van der Waals surface area (Å²) < 4.78 is 1.81. The molecular formula is C15H18N6. The number of hydrogen-bond acceptors (Lipinski definition) is 5. The minimum Gasteiger partial charge on any atom is -0.307 e. The number of nitrogens with zero attached hydrogens (tertiary/aromatic N) is 5. The monoisotopic (exact) mass is 282 g/mol. The molecule has 6 nitrogen and oxygen atoms in total. The van der Waals surface area contributed by atoms with Gasteiger partial charge in [0.05, 0.1) is 17.1 Å². The summed E-state index contributed by atoms with van der Waals surface area (Å²) in [6, 6.07) is 2.14. The summed E-state index contributed by atoms with van der Waals surface area (Å²) in [6.45, 7) is 5.37. The zero-order valence-corrected chi connectivity index (χ0v) is 12.5. The average Bonchev–Trinajstić information content (AvgIpc) is 2.76. The lowest BCUT2D eigenvalue weighted by molar-refractivity contribution is 0.674. The molecule has 0 aliphatic carbocycles. The first-order chi connectivity index (χ1) is 10.1. The molecule has 0 unspecified atom stereocenters. The van der Waals surface area contributed by atoms with E-state index in [2.05, 4.69) is 31.4 Å². The molecule has 0 aromatic carbocycles. The van der Waals surface area contributed by atoms with E-state index in [1.165, 1.54) is 0 Å². The molecule has 0 aliphatic heterocycles. The average molecular weight is 282 g/mol. The lowest BCUT2D eigenvalue weighted by atomic mass is 10.2. The van der Waals surface area contributed by atoms with Gasteiger partial charge in [0, 0.05) is 44.1 Å². The Morgan fingerprint density at radius 3 is 2.67 bits per heavy atom. The summed E-state index contributed by atoms with van der Waals surface area (Å²) >= 11 is 0. The van der Waals surface area contributed by atoms with E-state index >= 15 is 0 Å². The normalized spacial score (nSPS) is 11.2. The van der Waals surface area contributed by atoms with Crippen LogP contribution in [0.3, 0.4) is 0 Å². The van der Waals surface area contributed by atoms with Crippen molar-refractivity contribution in [1.29, 1.82) is 0 Å². The smallest absolute Gasteiger partial charge is 0.157 e. The van der Waals surface area contributed by atoms with Crippen LogP contribution >= 0.6 is 0 Å². The fraction of sp³-hybridized carbons (Fsp3) is 0.333. The van der Waals surface area contributed by atoms with Gasteiger partial charge in [-0.05, 0) is 25.5 Å². The molecule has 0 radical (unpaired) electrons. The quantitative estimate of drug-likeness (QED) is 0.788. The molecule has 0 spiro atoms. The maximum atomic E-state index is 4.47. The summed E-state index contributed by atoms with van der Waals surface area (Å²) in [7, 11) is 1.91. The second-order valence-electron chi connectivity index (χ2n) is 5.18. The van der Waals surface area contributed by atoms with Crippen molar-refractivity contribution >= 4 is 11.0 Å². The topological polar surface area (TPSA) is 68.5 Å². The maximum Gasteiger partial charge on any atom is 0.157 e. The zero-order valence-electron chi connectivity index (χ0n) is 12.5. The van der Waals surface area contributed by atoms with Crippen LogP contribution in [0.1, 0.15) is 22.6 Å². The Morgan fingerprint density at radius 1 is 1.05 bits per heavy atom. The van der Waals surface area contributed by atoms with E-state index < -0.39 is 0 Å². The molecule has 108 valence electrons. The van der Waals surface area contributed by atoms with Gasteiger partial charge in [0.15, 0.2) is 5.65 Å². The molecule has 0 amide bonds. The van der Waals surface area contributed by atoms with Gasteiger partial charge >= 0.3 is 0 Å². The highest BCUT2D eigenvalue weighted by atomic mass is 15.3. The Bertz CT molecular complexity index is 760. The summed E-state index contributed by atoms with van der Waals surface area (Å²) in [5.74, 6) is 0. The third-order valence-corrected chi connectivity index (χ3v) is 3.39. The minimum absolute atomic E-state index is 0.692. The lowest BCUT2D eigenvalue weighted by Gasteiger charge is -2.05. The van der Waals surface area contributed by atoms with Crippen molar-refractivity contribution in [2.45, 2.75) is 26.9 Å². The van der Waals surface area contributed by atoms with Gasteiger partial charge in [-0.15, -0.1) is 0 Å². The highest BCUT2D eigenvalue weighted by Gasteiger charge is 2.06. The van der Waals surface area contributed by atoms with Gasteiger partial charge in [-0.3, -0.25) is 14.6 Å². The predicted molar refractivity (Wildman–Crippen MR) is 80.6 cm³/mol. The van der Waals surface area contributed by atoms with Crippen molar-refractivity contribution in [2.75, 3.05) is 0 Å². The highest BCUT2D eigenvalue weighted by Crippen LogP contribution is 2.16. The molecule has 0 saturated carbocycles. The van der Waals surface area contributed by atoms with Crippen LogP contribution in [0, 0.1) is 13.8 Å². The number of fused-ring (bicyclic) bond motifs is 1. The van der Waals surface area contributed by atoms with E-state index in [0.717, 1.165) is 40.2 Å². The fourth-order valence-corrected chi connectivity index (χ4v) is 2.29. The van der Waals surface area contributed by atoms with E-state index in [-0.39, 0.29) is 0 Å². The molecule has 0 fully saturated rings. The highest BCUT2D eigenvalue weighted by molar-refractivity contribution is 5.78. The fourth-order valence-electron chi connectivity index (χ4n) is 2.29. The molecule has 21 heavy (non-hydrogen) atoms. The summed E-state index contributed by atoms with van der Waals surface area (Å²) in [6.07, 6.45) is 5.47. The minimum atomic E-state index is 0.692. The molecule has 3 rings (SSSR count). The van der Waals surface area contributed by atoms with Gasteiger partial charge in [0.1, 0.15) is 0 Å². The van der Waals surface area contributed by atoms with Gasteiger partial charge in [-0.2, -0.15) is 5.10 Å². The van der Waals surface area contributed by atoms with Crippen LogP contribution in [0.25, 0.3) is 11.0 Å². The van der Waals surface area contributed by atoms with Gasteiger partial charge in [-0.1, -0.05) is 0 Å². The van der Waals surface area contributed by atoms with Gasteiger partial charge in [-0.25, -0.2) is 4.98 Å². The number of pyridine rings is 1. The number of nitrogens with one attached hydrogen (secondary N) is 1.